The second-order valence-electron chi connectivity index (χ2n) is 4.53. The van der Waals surface area contributed by atoms with Crippen LogP contribution < -0.4 is 22.0 Å². The fourth-order valence-electron chi connectivity index (χ4n) is 2.20. The van der Waals surface area contributed by atoms with E-state index >= 15 is 0 Å². The summed E-state index contributed by atoms with van der Waals surface area (Å²) in [6.07, 6.45) is 2.56. The lowest BCUT2D eigenvalue weighted by atomic mass is 10.00. The number of halogens is 2. The van der Waals surface area contributed by atoms with Crippen LogP contribution in [0, 0.1) is 5.92 Å². The Morgan fingerprint density at radius 3 is 3.06 bits per heavy atom. The van der Waals surface area contributed by atoms with Crippen LogP contribution >= 0.6 is 11.6 Å². The van der Waals surface area contributed by atoms with Gasteiger partial charge in [-0.15, -0.1) is 0 Å². The Kier molecular flexibility index (Phi) is 6.03. The van der Waals surface area contributed by atoms with E-state index in [2.05, 4.69) is 12.0 Å². The standard InChI is InChI=1S/C12H17ClN2O.ClH/c1-15-7-3-4-10(8-15)9-16-12-6-2-5-11(13)14-12;/h2,5-6,10H,3-4,7-9H2,1H3;1H. The molecule has 0 saturated carbocycles. The number of likely N-dealkylation sites (tertiary alicyclic amines) is 1. The van der Waals surface area contributed by atoms with Gasteiger partial charge >= 0.3 is 0 Å². The summed E-state index contributed by atoms with van der Waals surface area (Å²) in [4.78, 5) is 5.71. The van der Waals surface area contributed by atoms with Gasteiger partial charge in [0.2, 0.25) is 5.88 Å². The van der Waals surface area contributed by atoms with Gasteiger partial charge in [0, 0.05) is 12.0 Å². The number of nitrogens with one attached hydrogen (secondary N) is 1. The Bertz CT molecular complexity index is 349. The minimum Gasteiger partial charge on any atom is -1.00 e. The SMILES string of the molecule is C[NH+]1CCCC(COc2cccc(Cl)n2)C1.[Cl-]. The van der Waals surface area contributed by atoms with Crippen LogP contribution in [0.5, 0.6) is 5.88 Å². The topological polar surface area (TPSA) is 26.6 Å². The molecular weight excluding hydrogens is 259 g/mol. The molecule has 2 rings (SSSR count). The average Bonchev–Trinajstić information content (AvgIpc) is 2.27. The van der Waals surface area contributed by atoms with Crippen LogP contribution in [-0.2, 0) is 0 Å². The Hall–Kier alpha value is -0.510. The molecule has 0 bridgehead atoms. The van der Waals surface area contributed by atoms with Crippen molar-refractivity contribution in [3.8, 4) is 5.88 Å². The molecule has 0 radical (unpaired) electrons. The minimum absolute atomic E-state index is 0. The Labute approximate surface area is 114 Å². The van der Waals surface area contributed by atoms with Crippen molar-refractivity contribution in [3.05, 3.63) is 23.4 Å². The molecule has 5 heteroatoms. The summed E-state index contributed by atoms with van der Waals surface area (Å²) in [6.45, 7) is 3.23. The van der Waals surface area contributed by atoms with Crippen molar-refractivity contribution in [3.63, 3.8) is 0 Å². The third-order valence-corrected chi connectivity index (χ3v) is 3.22. The van der Waals surface area contributed by atoms with Crippen LogP contribution in [0.2, 0.25) is 5.15 Å². The van der Waals surface area contributed by atoms with Crippen LogP contribution in [0.25, 0.3) is 0 Å². The smallest absolute Gasteiger partial charge is 0.214 e. The molecule has 1 aliphatic heterocycles. The van der Waals surface area contributed by atoms with E-state index in [1.165, 1.54) is 25.9 Å². The van der Waals surface area contributed by atoms with E-state index in [1.54, 1.807) is 11.0 Å². The van der Waals surface area contributed by atoms with Crippen molar-refractivity contribution in [2.24, 2.45) is 5.92 Å². The van der Waals surface area contributed by atoms with Crippen molar-refractivity contribution >= 4 is 11.6 Å². The summed E-state index contributed by atoms with van der Waals surface area (Å²) >= 11 is 5.79. The molecule has 1 aromatic rings. The number of aromatic nitrogens is 1. The number of quaternary nitrogens is 1. The number of hydrogen-bond acceptors (Lipinski definition) is 2. The fraction of sp³-hybridized carbons (Fsp3) is 0.583. The Balaban J connectivity index is 0.00000144. The zero-order valence-electron chi connectivity index (χ0n) is 9.96. The van der Waals surface area contributed by atoms with E-state index in [1.807, 2.05) is 12.1 Å². The van der Waals surface area contributed by atoms with Gasteiger partial charge in [-0.2, -0.15) is 0 Å². The first-order valence-corrected chi connectivity index (χ1v) is 6.18. The van der Waals surface area contributed by atoms with Gasteiger partial charge in [0.25, 0.3) is 0 Å². The zero-order chi connectivity index (χ0) is 11.4. The second kappa shape index (κ2) is 7.04. The lowest BCUT2D eigenvalue weighted by Crippen LogP contribution is -3.10. The zero-order valence-corrected chi connectivity index (χ0v) is 11.5. The maximum absolute atomic E-state index is 5.79. The third-order valence-electron chi connectivity index (χ3n) is 3.01. The highest BCUT2D eigenvalue weighted by Crippen LogP contribution is 2.14. The van der Waals surface area contributed by atoms with Gasteiger partial charge in [0.05, 0.1) is 26.7 Å². The van der Waals surface area contributed by atoms with E-state index in [4.69, 9.17) is 16.3 Å². The number of rotatable bonds is 3. The second-order valence-corrected chi connectivity index (χ2v) is 4.92. The van der Waals surface area contributed by atoms with Gasteiger partial charge in [-0.3, -0.25) is 0 Å². The monoisotopic (exact) mass is 276 g/mol. The number of ether oxygens (including phenoxy) is 1. The van der Waals surface area contributed by atoms with Gasteiger partial charge in [0.15, 0.2) is 0 Å². The van der Waals surface area contributed by atoms with Crippen molar-refractivity contribution in [2.75, 3.05) is 26.7 Å². The van der Waals surface area contributed by atoms with E-state index in [0.717, 1.165) is 6.61 Å². The molecule has 1 aromatic heterocycles. The first-order valence-electron chi connectivity index (χ1n) is 5.80. The van der Waals surface area contributed by atoms with Gasteiger partial charge in [0.1, 0.15) is 5.15 Å². The number of pyridine rings is 1. The molecule has 1 aliphatic rings. The first kappa shape index (κ1) is 14.6. The molecule has 3 nitrogen and oxygen atoms in total. The first-order chi connectivity index (χ1) is 7.74. The van der Waals surface area contributed by atoms with E-state index in [-0.39, 0.29) is 12.4 Å². The van der Waals surface area contributed by atoms with Gasteiger partial charge < -0.3 is 22.0 Å². The molecule has 0 amide bonds. The quantitative estimate of drug-likeness (QED) is 0.650. The summed E-state index contributed by atoms with van der Waals surface area (Å²) in [6, 6.07) is 5.47. The number of hydrogen-bond donors (Lipinski definition) is 1. The van der Waals surface area contributed by atoms with E-state index in [0.29, 0.717) is 17.0 Å². The normalized spacial score (nSPS) is 23.9. The van der Waals surface area contributed by atoms with Gasteiger partial charge in [-0.25, -0.2) is 4.98 Å². The number of nitrogens with zero attached hydrogens (tertiary/aromatic N) is 1. The van der Waals surface area contributed by atoms with Gasteiger partial charge in [-0.05, 0) is 18.9 Å². The summed E-state index contributed by atoms with van der Waals surface area (Å²) in [7, 11) is 2.24. The third kappa shape index (κ3) is 4.70. The molecule has 0 aliphatic carbocycles. The molecule has 0 aromatic carbocycles. The maximum atomic E-state index is 5.79. The van der Waals surface area contributed by atoms with Crippen LogP contribution in [-0.4, -0.2) is 31.7 Å². The Morgan fingerprint density at radius 2 is 2.35 bits per heavy atom. The molecule has 2 unspecified atom stereocenters. The number of piperidine rings is 1. The molecule has 2 heterocycles. The molecule has 1 N–H and O–H groups in total. The largest absolute Gasteiger partial charge is 1.00 e. The Morgan fingerprint density at radius 1 is 1.53 bits per heavy atom. The molecule has 17 heavy (non-hydrogen) atoms. The van der Waals surface area contributed by atoms with E-state index < -0.39 is 0 Å². The molecular formula is C12H18Cl2N2O. The van der Waals surface area contributed by atoms with Crippen molar-refractivity contribution < 1.29 is 22.0 Å². The lowest BCUT2D eigenvalue weighted by molar-refractivity contribution is -0.888. The molecule has 0 spiro atoms. The molecule has 1 saturated heterocycles. The molecule has 1 fully saturated rings. The van der Waals surface area contributed by atoms with Crippen molar-refractivity contribution in [2.45, 2.75) is 12.8 Å². The summed E-state index contributed by atoms with van der Waals surface area (Å²) in [5.41, 5.74) is 0. The van der Waals surface area contributed by atoms with E-state index in [9.17, 15) is 0 Å². The van der Waals surface area contributed by atoms with Gasteiger partial charge in [-0.1, -0.05) is 17.7 Å². The summed E-state index contributed by atoms with van der Waals surface area (Å²) in [5, 5.41) is 0.490. The molecule has 96 valence electrons. The van der Waals surface area contributed by atoms with Crippen LogP contribution in [0.3, 0.4) is 0 Å². The predicted molar refractivity (Wildman–Crippen MR) is 64.1 cm³/mol. The van der Waals surface area contributed by atoms with Crippen molar-refractivity contribution in [1.29, 1.82) is 0 Å². The maximum Gasteiger partial charge on any atom is 0.214 e. The van der Waals surface area contributed by atoms with Crippen LogP contribution in [0.15, 0.2) is 18.2 Å². The highest BCUT2D eigenvalue weighted by atomic mass is 35.5. The summed E-state index contributed by atoms with van der Waals surface area (Å²) in [5.74, 6) is 1.28. The highest BCUT2D eigenvalue weighted by Gasteiger charge is 2.20. The van der Waals surface area contributed by atoms with Crippen LogP contribution in [0.1, 0.15) is 12.8 Å². The van der Waals surface area contributed by atoms with Crippen LogP contribution in [0.4, 0.5) is 0 Å². The lowest BCUT2D eigenvalue weighted by Gasteiger charge is -2.26. The highest BCUT2D eigenvalue weighted by molar-refractivity contribution is 6.29. The molecule has 2 atom stereocenters. The van der Waals surface area contributed by atoms with Crippen molar-refractivity contribution in [1.82, 2.24) is 4.98 Å². The summed E-state index contributed by atoms with van der Waals surface area (Å²) < 4.78 is 5.67. The fourth-order valence-corrected chi connectivity index (χ4v) is 2.36. The predicted octanol–water partition coefficient (Wildman–Crippen LogP) is -1.96. The average molecular weight is 277 g/mol. The minimum atomic E-state index is 0.